The van der Waals surface area contributed by atoms with Crippen LogP contribution in [0.15, 0.2) is 29.8 Å². The third kappa shape index (κ3) is 3.02. The number of hydrogen-bond donors (Lipinski definition) is 0. The van der Waals surface area contributed by atoms with Crippen molar-refractivity contribution in [3.05, 3.63) is 56.3 Å². The van der Waals surface area contributed by atoms with Gasteiger partial charge in [-0.15, -0.1) is 6.58 Å². The third-order valence-corrected chi connectivity index (χ3v) is 6.39. The minimum atomic E-state index is -0.233. The van der Waals surface area contributed by atoms with Gasteiger partial charge >= 0.3 is 0 Å². The van der Waals surface area contributed by atoms with Crippen LogP contribution in [0.4, 0.5) is 0 Å². The number of Topliss-reactive ketones (excluding diaryl/α,β-unsaturated/α-hetero) is 1. The summed E-state index contributed by atoms with van der Waals surface area (Å²) in [5, 5.41) is 0. The molecule has 0 aliphatic heterocycles. The van der Waals surface area contributed by atoms with Crippen molar-refractivity contribution in [1.29, 1.82) is 0 Å². The minimum Gasteiger partial charge on any atom is -0.345 e. The van der Waals surface area contributed by atoms with Gasteiger partial charge in [-0.3, -0.25) is 14.2 Å². The van der Waals surface area contributed by atoms with Crippen molar-refractivity contribution in [3.63, 3.8) is 0 Å². The molecule has 1 saturated carbocycles. The average molecular weight is 401 g/mol. The first-order chi connectivity index (χ1) is 12.9. The van der Waals surface area contributed by atoms with E-state index in [1.807, 2.05) is 19.9 Å². The molecule has 6 nitrogen and oxygen atoms in total. The predicted octanol–water partition coefficient (Wildman–Crippen LogP) is 3.81. The van der Waals surface area contributed by atoms with E-state index in [-0.39, 0.29) is 17.9 Å². The van der Waals surface area contributed by atoms with Gasteiger partial charge in [0.15, 0.2) is 15.4 Å². The summed E-state index contributed by atoms with van der Waals surface area (Å²) in [7, 11) is 0. The maximum absolute atomic E-state index is 12.9. The normalized spacial score (nSPS) is 14.0. The van der Waals surface area contributed by atoms with E-state index in [2.05, 4.69) is 16.1 Å². The van der Waals surface area contributed by atoms with Crippen LogP contribution in [0.1, 0.15) is 40.6 Å². The van der Waals surface area contributed by atoms with Gasteiger partial charge in [0.1, 0.15) is 11.0 Å². The summed E-state index contributed by atoms with van der Waals surface area (Å²) >= 11 is 6.55. The SMILES string of the molecule is C=CCn1c(=S)sc2c(=O)n(CC(=O)c3cc(C)n(C4CC4)c3C)cnc21. The zero-order chi connectivity index (χ0) is 19.3. The van der Waals surface area contributed by atoms with E-state index in [1.165, 1.54) is 22.2 Å². The molecule has 0 saturated heterocycles. The van der Waals surface area contributed by atoms with Gasteiger partial charge in [0, 0.05) is 29.5 Å². The molecular formula is C19H20N4O2S2. The second-order valence-electron chi connectivity index (χ2n) is 6.91. The summed E-state index contributed by atoms with van der Waals surface area (Å²) in [6.45, 7) is 8.19. The number of aromatic nitrogens is 4. The van der Waals surface area contributed by atoms with Crippen LogP contribution in [0.25, 0.3) is 10.3 Å². The predicted molar refractivity (Wildman–Crippen MR) is 109 cm³/mol. The molecule has 0 radical (unpaired) electrons. The number of ketones is 1. The van der Waals surface area contributed by atoms with E-state index < -0.39 is 0 Å². The van der Waals surface area contributed by atoms with Gasteiger partial charge < -0.3 is 9.13 Å². The number of thiazole rings is 1. The topological polar surface area (TPSA) is 61.8 Å². The molecule has 140 valence electrons. The van der Waals surface area contributed by atoms with Gasteiger partial charge in [-0.1, -0.05) is 17.4 Å². The molecule has 1 aliphatic rings. The molecule has 3 heterocycles. The highest BCUT2D eigenvalue weighted by atomic mass is 32.1. The van der Waals surface area contributed by atoms with Gasteiger partial charge in [0.2, 0.25) is 0 Å². The van der Waals surface area contributed by atoms with Gasteiger partial charge in [0.25, 0.3) is 5.56 Å². The second kappa shape index (κ2) is 6.69. The molecule has 0 aromatic carbocycles. The van der Waals surface area contributed by atoms with Crippen molar-refractivity contribution >= 4 is 39.7 Å². The Morgan fingerprint density at radius 1 is 1.44 bits per heavy atom. The smallest absolute Gasteiger partial charge is 0.273 e. The lowest BCUT2D eigenvalue weighted by molar-refractivity contribution is 0.0970. The van der Waals surface area contributed by atoms with Crippen molar-refractivity contribution in [2.75, 3.05) is 0 Å². The van der Waals surface area contributed by atoms with Crippen LogP contribution in [-0.4, -0.2) is 24.5 Å². The van der Waals surface area contributed by atoms with Crippen molar-refractivity contribution < 1.29 is 4.79 Å². The number of nitrogens with zero attached hydrogens (tertiary/aromatic N) is 4. The van der Waals surface area contributed by atoms with Crippen molar-refractivity contribution in [2.45, 2.75) is 45.8 Å². The van der Waals surface area contributed by atoms with Gasteiger partial charge in [-0.2, -0.15) is 0 Å². The Morgan fingerprint density at radius 2 is 2.19 bits per heavy atom. The van der Waals surface area contributed by atoms with Gasteiger partial charge in [-0.25, -0.2) is 4.98 Å². The number of carbonyl (C=O) groups is 1. The molecule has 8 heteroatoms. The summed E-state index contributed by atoms with van der Waals surface area (Å²) in [6.07, 6.45) is 5.48. The summed E-state index contributed by atoms with van der Waals surface area (Å²) in [6, 6.07) is 2.45. The zero-order valence-corrected chi connectivity index (χ0v) is 16.9. The van der Waals surface area contributed by atoms with Crippen LogP contribution in [0, 0.1) is 17.8 Å². The molecule has 0 unspecified atom stereocenters. The second-order valence-corrected chi connectivity index (χ2v) is 8.55. The lowest BCUT2D eigenvalue weighted by atomic mass is 10.1. The molecular weight excluding hydrogens is 380 g/mol. The Kier molecular flexibility index (Phi) is 4.47. The largest absolute Gasteiger partial charge is 0.345 e. The van der Waals surface area contributed by atoms with Gasteiger partial charge in [0.05, 0.1) is 6.54 Å². The third-order valence-electron chi connectivity index (χ3n) is 4.97. The Bertz CT molecular complexity index is 1190. The summed E-state index contributed by atoms with van der Waals surface area (Å²) in [4.78, 5) is 30.1. The van der Waals surface area contributed by atoms with Crippen molar-refractivity contribution in [3.8, 4) is 0 Å². The molecule has 0 amide bonds. The van der Waals surface area contributed by atoms with E-state index in [4.69, 9.17) is 12.2 Å². The fraction of sp³-hybridized carbons (Fsp3) is 0.368. The van der Waals surface area contributed by atoms with Crippen LogP contribution >= 0.6 is 23.6 Å². The molecule has 1 aliphatic carbocycles. The first-order valence-electron chi connectivity index (χ1n) is 8.83. The highest BCUT2D eigenvalue weighted by Crippen LogP contribution is 2.38. The Labute approximate surface area is 165 Å². The number of hydrogen-bond acceptors (Lipinski definition) is 5. The molecule has 27 heavy (non-hydrogen) atoms. The fourth-order valence-electron chi connectivity index (χ4n) is 3.57. The highest BCUT2D eigenvalue weighted by molar-refractivity contribution is 7.73. The number of aryl methyl sites for hydroxylation is 1. The number of rotatable bonds is 6. The maximum atomic E-state index is 12.9. The van der Waals surface area contributed by atoms with Crippen molar-refractivity contribution in [2.24, 2.45) is 0 Å². The van der Waals surface area contributed by atoms with E-state index in [9.17, 15) is 9.59 Å². The number of carbonyl (C=O) groups excluding carboxylic acids is 1. The Morgan fingerprint density at radius 3 is 2.85 bits per heavy atom. The average Bonchev–Trinajstić information content (AvgIpc) is 3.34. The van der Waals surface area contributed by atoms with E-state index in [0.29, 0.717) is 32.5 Å². The molecule has 0 bridgehead atoms. The van der Waals surface area contributed by atoms with Crippen LogP contribution in [-0.2, 0) is 13.1 Å². The van der Waals surface area contributed by atoms with Crippen molar-refractivity contribution in [1.82, 2.24) is 18.7 Å². The first kappa shape index (κ1) is 18.1. The molecule has 4 rings (SSSR count). The lowest BCUT2D eigenvalue weighted by Crippen LogP contribution is -2.24. The zero-order valence-electron chi connectivity index (χ0n) is 15.3. The summed E-state index contributed by atoms with van der Waals surface area (Å²) < 4.78 is 6.43. The lowest BCUT2D eigenvalue weighted by Gasteiger charge is -2.08. The van der Waals surface area contributed by atoms with Crippen LogP contribution in [0.2, 0.25) is 0 Å². The molecule has 0 atom stereocenters. The minimum absolute atomic E-state index is 0.0249. The van der Waals surface area contributed by atoms with E-state index >= 15 is 0 Å². The van der Waals surface area contributed by atoms with E-state index in [0.717, 1.165) is 24.2 Å². The quantitative estimate of drug-likeness (QED) is 0.359. The number of allylic oxidation sites excluding steroid dienone is 1. The van der Waals surface area contributed by atoms with Crippen LogP contribution in [0.5, 0.6) is 0 Å². The summed E-state index contributed by atoms with van der Waals surface area (Å²) in [5.74, 6) is -0.0765. The maximum Gasteiger partial charge on any atom is 0.273 e. The van der Waals surface area contributed by atoms with Crippen LogP contribution in [0.3, 0.4) is 0 Å². The summed E-state index contributed by atoms with van der Waals surface area (Å²) in [5.41, 5.74) is 3.07. The highest BCUT2D eigenvalue weighted by Gasteiger charge is 2.28. The molecule has 1 fully saturated rings. The van der Waals surface area contributed by atoms with E-state index in [1.54, 1.807) is 10.6 Å². The molecule has 0 N–H and O–H groups in total. The van der Waals surface area contributed by atoms with Gasteiger partial charge in [-0.05, 0) is 45.0 Å². The van der Waals surface area contributed by atoms with Crippen LogP contribution < -0.4 is 5.56 Å². The Balaban J connectivity index is 1.70. The Hall–Kier alpha value is -2.32. The molecule has 0 spiro atoms. The monoisotopic (exact) mass is 400 g/mol. The number of fused-ring (bicyclic) bond motifs is 1. The first-order valence-corrected chi connectivity index (χ1v) is 10.1. The molecule has 3 aromatic rings. The fourth-order valence-corrected chi connectivity index (χ4v) is 4.88. The molecule has 3 aromatic heterocycles. The standard InChI is InChI=1S/C19H20N4O2S2/c1-4-7-22-17-16(27-19(22)26)18(25)21(10-20-17)9-15(24)14-8-11(2)23(12(14)3)13-5-6-13/h4,8,10,13H,1,5-7,9H2,2-3H3.